The lowest BCUT2D eigenvalue weighted by Crippen LogP contribution is -2.24. The van der Waals surface area contributed by atoms with Crippen LogP contribution in [0.25, 0.3) is 0 Å². The van der Waals surface area contributed by atoms with Crippen LogP contribution in [0, 0.1) is 0 Å². The van der Waals surface area contributed by atoms with Crippen molar-refractivity contribution in [2.24, 2.45) is 0 Å². The summed E-state index contributed by atoms with van der Waals surface area (Å²) in [6.45, 7) is 4.46. The number of hydrogen-bond acceptors (Lipinski definition) is 3. The average molecular weight is 228 g/mol. The Morgan fingerprint density at radius 1 is 1.19 bits per heavy atom. The topological polar surface area (TPSA) is 24.5 Å². The number of nitrogens with one attached hydrogen (secondary N) is 1. The predicted molar refractivity (Wildman–Crippen MR) is 68.9 cm³/mol. The van der Waals surface area contributed by atoms with Crippen LogP contribution in [0.3, 0.4) is 0 Å². The summed E-state index contributed by atoms with van der Waals surface area (Å²) in [6.07, 6.45) is 8.19. The molecule has 0 aliphatic carbocycles. The Kier molecular flexibility index (Phi) is 7.81. The van der Waals surface area contributed by atoms with Crippen molar-refractivity contribution >= 4 is 0 Å². The monoisotopic (exact) mass is 228 g/mol. The smallest absolute Gasteiger partial charge is 0.0575 e. The third kappa shape index (κ3) is 7.20. The summed E-state index contributed by atoms with van der Waals surface area (Å²) in [5.41, 5.74) is 0. The molecule has 1 rings (SSSR count). The summed E-state index contributed by atoms with van der Waals surface area (Å²) in [5.74, 6) is 0. The highest BCUT2D eigenvalue weighted by atomic mass is 16.5. The Morgan fingerprint density at radius 2 is 2.00 bits per heavy atom. The molecule has 1 N–H and O–H groups in total. The molecule has 3 nitrogen and oxygen atoms in total. The Bertz CT molecular complexity index is 156. The van der Waals surface area contributed by atoms with Crippen molar-refractivity contribution in [2.45, 2.75) is 44.6 Å². The molecular formula is C13H28N2O. The molecule has 0 spiro atoms. The van der Waals surface area contributed by atoms with Crippen LogP contribution in [-0.2, 0) is 4.74 Å². The van der Waals surface area contributed by atoms with Crippen LogP contribution in [-0.4, -0.2) is 51.3 Å². The standard InChI is InChI=1S/C13H28N2O/c1-15(2)11-6-10-14-9-5-8-13-7-3-4-12-16-13/h13-14H,3-12H2,1-2H3. The van der Waals surface area contributed by atoms with E-state index in [4.69, 9.17) is 4.74 Å². The van der Waals surface area contributed by atoms with Crippen molar-refractivity contribution in [1.82, 2.24) is 10.2 Å². The quantitative estimate of drug-likeness (QED) is 0.642. The summed E-state index contributed by atoms with van der Waals surface area (Å²) in [6, 6.07) is 0. The molecule has 1 heterocycles. The predicted octanol–water partition coefficient (Wildman–Crippen LogP) is 1.88. The van der Waals surface area contributed by atoms with Crippen LogP contribution in [0.2, 0.25) is 0 Å². The first-order valence-electron chi connectivity index (χ1n) is 6.76. The van der Waals surface area contributed by atoms with Crippen molar-refractivity contribution in [3.63, 3.8) is 0 Å². The van der Waals surface area contributed by atoms with E-state index in [2.05, 4.69) is 24.3 Å². The second kappa shape index (κ2) is 8.97. The van der Waals surface area contributed by atoms with Crippen molar-refractivity contribution in [2.75, 3.05) is 40.3 Å². The zero-order chi connectivity index (χ0) is 11.6. The molecule has 3 heteroatoms. The van der Waals surface area contributed by atoms with Gasteiger partial charge in [0.1, 0.15) is 0 Å². The van der Waals surface area contributed by atoms with E-state index in [0.29, 0.717) is 6.10 Å². The molecule has 16 heavy (non-hydrogen) atoms. The van der Waals surface area contributed by atoms with E-state index < -0.39 is 0 Å². The first kappa shape index (κ1) is 13.9. The van der Waals surface area contributed by atoms with E-state index in [-0.39, 0.29) is 0 Å². The maximum Gasteiger partial charge on any atom is 0.0575 e. The van der Waals surface area contributed by atoms with Crippen molar-refractivity contribution in [3.05, 3.63) is 0 Å². The van der Waals surface area contributed by atoms with Crippen LogP contribution < -0.4 is 5.32 Å². The van der Waals surface area contributed by atoms with E-state index in [9.17, 15) is 0 Å². The van der Waals surface area contributed by atoms with E-state index in [1.54, 1.807) is 0 Å². The minimum absolute atomic E-state index is 0.553. The van der Waals surface area contributed by atoms with Gasteiger partial charge in [-0.25, -0.2) is 0 Å². The Labute approximate surface area is 101 Å². The highest BCUT2D eigenvalue weighted by molar-refractivity contribution is 4.64. The maximum atomic E-state index is 5.70. The summed E-state index contributed by atoms with van der Waals surface area (Å²) in [5, 5.41) is 3.50. The normalized spacial score (nSPS) is 21.6. The molecular weight excluding hydrogens is 200 g/mol. The van der Waals surface area contributed by atoms with Gasteiger partial charge >= 0.3 is 0 Å². The summed E-state index contributed by atoms with van der Waals surface area (Å²) in [4.78, 5) is 2.23. The second-order valence-electron chi connectivity index (χ2n) is 5.04. The van der Waals surface area contributed by atoms with Gasteiger partial charge in [0.2, 0.25) is 0 Å². The third-order valence-electron chi connectivity index (χ3n) is 3.11. The zero-order valence-corrected chi connectivity index (χ0v) is 11.0. The summed E-state index contributed by atoms with van der Waals surface area (Å²) in [7, 11) is 4.25. The lowest BCUT2D eigenvalue weighted by molar-refractivity contribution is 0.0102. The van der Waals surface area contributed by atoms with E-state index in [1.165, 1.54) is 45.1 Å². The molecule has 1 atom stereocenters. The van der Waals surface area contributed by atoms with Gasteiger partial charge in [-0.15, -0.1) is 0 Å². The second-order valence-corrected chi connectivity index (χ2v) is 5.04. The van der Waals surface area contributed by atoms with Crippen LogP contribution in [0.4, 0.5) is 0 Å². The molecule has 0 aromatic carbocycles. The Hall–Kier alpha value is -0.120. The first-order valence-corrected chi connectivity index (χ1v) is 6.76. The molecule has 1 fully saturated rings. The average Bonchev–Trinajstić information content (AvgIpc) is 2.29. The van der Waals surface area contributed by atoms with Gasteiger partial charge in [-0.1, -0.05) is 0 Å². The molecule has 0 saturated carbocycles. The fourth-order valence-corrected chi connectivity index (χ4v) is 2.14. The molecule has 0 bridgehead atoms. The number of ether oxygens (including phenoxy) is 1. The molecule has 1 aliphatic rings. The molecule has 1 unspecified atom stereocenters. The minimum atomic E-state index is 0.553. The summed E-state index contributed by atoms with van der Waals surface area (Å²) >= 11 is 0. The third-order valence-corrected chi connectivity index (χ3v) is 3.11. The molecule has 1 saturated heterocycles. The molecule has 96 valence electrons. The fourth-order valence-electron chi connectivity index (χ4n) is 2.14. The van der Waals surface area contributed by atoms with Crippen LogP contribution in [0.5, 0.6) is 0 Å². The van der Waals surface area contributed by atoms with Gasteiger partial charge in [0.05, 0.1) is 6.10 Å². The minimum Gasteiger partial charge on any atom is -0.378 e. The molecule has 1 aliphatic heterocycles. The van der Waals surface area contributed by atoms with Crippen molar-refractivity contribution in [1.29, 1.82) is 0 Å². The maximum absolute atomic E-state index is 5.70. The highest BCUT2D eigenvalue weighted by Gasteiger charge is 2.12. The number of hydrogen-bond donors (Lipinski definition) is 1. The van der Waals surface area contributed by atoms with Crippen LogP contribution >= 0.6 is 0 Å². The van der Waals surface area contributed by atoms with E-state index in [0.717, 1.165) is 19.7 Å². The lowest BCUT2D eigenvalue weighted by atomic mass is 10.0. The fraction of sp³-hybridized carbons (Fsp3) is 1.00. The highest BCUT2D eigenvalue weighted by Crippen LogP contribution is 2.16. The first-order chi connectivity index (χ1) is 7.79. The number of rotatable bonds is 8. The van der Waals surface area contributed by atoms with Gasteiger partial charge in [-0.3, -0.25) is 0 Å². The van der Waals surface area contributed by atoms with Gasteiger partial charge in [0.25, 0.3) is 0 Å². The molecule has 0 radical (unpaired) electrons. The van der Waals surface area contributed by atoms with E-state index in [1.807, 2.05) is 0 Å². The van der Waals surface area contributed by atoms with Crippen LogP contribution in [0.1, 0.15) is 38.5 Å². The molecule has 0 aromatic heterocycles. The van der Waals surface area contributed by atoms with Crippen molar-refractivity contribution < 1.29 is 4.74 Å². The Morgan fingerprint density at radius 3 is 2.69 bits per heavy atom. The van der Waals surface area contributed by atoms with Gasteiger partial charge in [0, 0.05) is 6.61 Å². The van der Waals surface area contributed by atoms with E-state index >= 15 is 0 Å². The molecule has 0 amide bonds. The SMILES string of the molecule is CN(C)CCCNCCCC1CCCCO1. The summed E-state index contributed by atoms with van der Waals surface area (Å²) < 4.78 is 5.70. The Balaban J connectivity index is 1.80. The zero-order valence-electron chi connectivity index (χ0n) is 11.0. The number of nitrogens with zero attached hydrogens (tertiary/aromatic N) is 1. The van der Waals surface area contributed by atoms with Crippen LogP contribution in [0.15, 0.2) is 0 Å². The van der Waals surface area contributed by atoms with Gasteiger partial charge in [-0.05, 0) is 72.3 Å². The van der Waals surface area contributed by atoms with Gasteiger partial charge < -0.3 is 15.0 Å². The van der Waals surface area contributed by atoms with Crippen molar-refractivity contribution in [3.8, 4) is 0 Å². The van der Waals surface area contributed by atoms with Gasteiger partial charge in [-0.2, -0.15) is 0 Å². The molecule has 0 aromatic rings. The van der Waals surface area contributed by atoms with Gasteiger partial charge in [0.15, 0.2) is 0 Å². The largest absolute Gasteiger partial charge is 0.378 e. The lowest BCUT2D eigenvalue weighted by Gasteiger charge is -2.22.